The molecule has 0 bridgehead atoms. The number of carboxylic acids is 1. The lowest BCUT2D eigenvalue weighted by Gasteiger charge is -2.24. The normalized spacial score (nSPS) is 25.5. The van der Waals surface area contributed by atoms with Gasteiger partial charge in [-0.1, -0.05) is 37.5 Å². The van der Waals surface area contributed by atoms with Crippen molar-refractivity contribution in [2.45, 2.75) is 76.1 Å². The predicted octanol–water partition coefficient (Wildman–Crippen LogP) is 3.16. The number of carbonyl (C=O) groups excluding carboxylic acids is 1. The van der Waals surface area contributed by atoms with Gasteiger partial charge in [-0.25, -0.2) is 0 Å². The number of fused-ring (bicyclic) bond motifs is 1. The van der Waals surface area contributed by atoms with Crippen LogP contribution in [0, 0.1) is 11.8 Å². The van der Waals surface area contributed by atoms with Crippen LogP contribution in [0.1, 0.15) is 68.8 Å². The molecule has 0 aliphatic heterocycles. The quantitative estimate of drug-likeness (QED) is 0.486. The third-order valence-corrected chi connectivity index (χ3v) is 7.45. The van der Waals surface area contributed by atoms with Crippen molar-refractivity contribution in [2.75, 3.05) is 0 Å². The molecule has 160 valence electrons. The highest BCUT2D eigenvalue weighted by Gasteiger charge is 2.40. The first-order chi connectivity index (χ1) is 14.0. The van der Waals surface area contributed by atoms with Gasteiger partial charge in [-0.15, -0.1) is 11.3 Å². The zero-order chi connectivity index (χ0) is 20.8. The van der Waals surface area contributed by atoms with Crippen molar-refractivity contribution in [2.24, 2.45) is 11.8 Å². The van der Waals surface area contributed by atoms with E-state index in [9.17, 15) is 25.2 Å². The van der Waals surface area contributed by atoms with E-state index in [2.05, 4.69) is 6.07 Å². The highest BCUT2D eigenvalue weighted by atomic mass is 32.1. The lowest BCUT2D eigenvalue weighted by molar-refractivity contribution is -0.305. The van der Waals surface area contributed by atoms with Crippen molar-refractivity contribution < 1.29 is 25.2 Å². The van der Waals surface area contributed by atoms with Crippen LogP contribution in [0.4, 0.5) is 0 Å². The molecular weight excluding hydrogens is 388 g/mol. The van der Waals surface area contributed by atoms with Crippen molar-refractivity contribution in [1.82, 2.24) is 0 Å². The van der Waals surface area contributed by atoms with Crippen molar-refractivity contribution in [3.8, 4) is 0 Å². The van der Waals surface area contributed by atoms with Crippen molar-refractivity contribution in [3.05, 3.63) is 35.2 Å². The Kier molecular flexibility index (Phi) is 8.07. The SMILES string of the molecule is O=C([O-])CCCCCC[C@@H]1[C@@H](CC[C@@H](O)c2cc3ccccc3s2)[C@H](O)C[C@@H]1O. The van der Waals surface area contributed by atoms with E-state index in [4.69, 9.17) is 0 Å². The molecule has 1 aromatic heterocycles. The van der Waals surface area contributed by atoms with Crippen LogP contribution in [-0.4, -0.2) is 33.5 Å². The van der Waals surface area contributed by atoms with E-state index in [1.807, 2.05) is 24.3 Å². The van der Waals surface area contributed by atoms with Gasteiger partial charge in [0.25, 0.3) is 0 Å². The molecule has 0 spiro atoms. The summed E-state index contributed by atoms with van der Waals surface area (Å²) >= 11 is 1.61. The Labute approximate surface area is 176 Å². The summed E-state index contributed by atoms with van der Waals surface area (Å²) in [5.74, 6) is -0.963. The summed E-state index contributed by atoms with van der Waals surface area (Å²) in [7, 11) is 0. The van der Waals surface area contributed by atoms with Gasteiger partial charge >= 0.3 is 0 Å². The fourth-order valence-corrected chi connectivity index (χ4v) is 5.73. The van der Waals surface area contributed by atoms with Gasteiger partial charge in [0.05, 0.1) is 18.3 Å². The Morgan fingerprint density at radius 3 is 2.48 bits per heavy atom. The average Bonchev–Trinajstić information content (AvgIpc) is 3.23. The van der Waals surface area contributed by atoms with E-state index < -0.39 is 24.3 Å². The van der Waals surface area contributed by atoms with Gasteiger partial charge in [-0.2, -0.15) is 0 Å². The Hall–Kier alpha value is -1.47. The lowest BCUT2D eigenvalue weighted by atomic mass is 9.84. The third-order valence-electron chi connectivity index (χ3n) is 6.24. The molecule has 3 rings (SSSR count). The minimum Gasteiger partial charge on any atom is -0.550 e. The van der Waals surface area contributed by atoms with Crippen molar-refractivity contribution in [1.29, 1.82) is 0 Å². The van der Waals surface area contributed by atoms with E-state index in [1.165, 1.54) is 0 Å². The number of unbranched alkanes of at least 4 members (excludes halogenated alkanes) is 3. The maximum atomic E-state index is 10.7. The smallest absolute Gasteiger partial charge is 0.0882 e. The van der Waals surface area contributed by atoms with Crippen LogP contribution >= 0.6 is 11.3 Å². The highest BCUT2D eigenvalue weighted by Crippen LogP contribution is 2.41. The first-order valence-corrected chi connectivity index (χ1v) is 11.5. The van der Waals surface area contributed by atoms with Gasteiger partial charge in [0.2, 0.25) is 0 Å². The number of aliphatic hydroxyl groups is 3. The number of thiophene rings is 1. The number of rotatable bonds is 11. The number of carboxylic acid groups (broad SMARTS) is 1. The molecule has 1 aromatic carbocycles. The Balaban J connectivity index is 1.48. The summed E-state index contributed by atoms with van der Waals surface area (Å²) < 4.78 is 1.16. The van der Waals surface area contributed by atoms with Crippen molar-refractivity contribution >= 4 is 27.4 Å². The fraction of sp³-hybridized carbons (Fsp3) is 0.609. The zero-order valence-electron chi connectivity index (χ0n) is 16.7. The van der Waals surface area contributed by atoms with Crippen LogP contribution in [0.5, 0.6) is 0 Å². The van der Waals surface area contributed by atoms with Crippen LogP contribution in [0.15, 0.2) is 30.3 Å². The summed E-state index contributed by atoms with van der Waals surface area (Å²) in [6, 6.07) is 10.1. The average molecular weight is 420 g/mol. The first kappa shape index (κ1) is 22.2. The lowest BCUT2D eigenvalue weighted by Crippen LogP contribution is -2.23. The third kappa shape index (κ3) is 6.01. The molecule has 5 nitrogen and oxygen atoms in total. The summed E-state index contributed by atoms with van der Waals surface area (Å²) in [5.41, 5.74) is 0. The Morgan fingerprint density at radius 2 is 1.76 bits per heavy atom. The van der Waals surface area contributed by atoms with Crippen LogP contribution in [0.25, 0.3) is 10.1 Å². The van der Waals surface area contributed by atoms with E-state index >= 15 is 0 Å². The molecule has 0 saturated heterocycles. The second-order valence-corrected chi connectivity index (χ2v) is 9.42. The molecule has 1 aliphatic rings. The second-order valence-electron chi connectivity index (χ2n) is 8.30. The highest BCUT2D eigenvalue weighted by molar-refractivity contribution is 7.19. The topological polar surface area (TPSA) is 101 Å². The van der Waals surface area contributed by atoms with Gasteiger partial charge in [0.1, 0.15) is 0 Å². The predicted molar refractivity (Wildman–Crippen MR) is 112 cm³/mol. The van der Waals surface area contributed by atoms with Gasteiger partial charge in [0.15, 0.2) is 0 Å². The van der Waals surface area contributed by atoms with E-state index in [1.54, 1.807) is 11.3 Å². The zero-order valence-corrected chi connectivity index (χ0v) is 17.5. The minimum atomic E-state index is -1.00. The van der Waals surface area contributed by atoms with Crippen LogP contribution in [0.3, 0.4) is 0 Å². The van der Waals surface area contributed by atoms with Gasteiger partial charge in [-0.05, 0) is 67.9 Å². The molecule has 3 N–H and O–H groups in total. The van der Waals surface area contributed by atoms with Crippen LogP contribution in [0.2, 0.25) is 0 Å². The van der Waals surface area contributed by atoms with Gasteiger partial charge in [0, 0.05) is 15.5 Å². The summed E-state index contributed by atoms with van der Waals surface area (Å²) in [4.78, 5) is 11.4. The van der Waals surface area contributed by atoms with E-state index in [0.29, 0.717) is 25.7 Å². The minimum absolute atomic E-state index is 0.00255. The number of carbonyl (C=O) groups is 1. The Bertz CT molecular complexity index is 755. The molecule has 0 unspecified atom stereocenters. The van der Waals surface area contributed by atoms with Gasteiger partial charge < -0.3 is 25.2 Å². The molecule has 0 amide bonds. The molecule has 1 fully saturated rings. The molecule has 29 heavy (non-hydrogen) atoms. The number of hydrogen-bond acceptors (Lipinski definition) is 6. The monoisotopic (exact) mass is 419 g/mol. The van der Waals surface area contributed by atoms with Crippen LogP contribution in [-0.2, 0) is 4.79 Å². The Morgan fingerprint density at radius 1 is 1.07 bits per heavy atom. The molecule has 1 saturated carbocycles. The second kappa shape index (κ2) is 10.5. The largest absolute Gasteiger partial charge is 0.550 e. The summed E-state index contributed by atoms with van der Waals surface area (Å²) in [6.45, 7) is 0. The standard InChI is InChI=1S/C23H32O5S/c24-18(22-13-15-7-5-6-9-21(15)29-22)12-11-17-16(19(25)14-20(17)26)8-3-1-2-4-10-23(27)28/h5-7,9,13,16-20,24-26H,1-4,8,10-12,14H2,(H,27,28)/p-1/t16-,17-,18-,19+,20-/m1/s1. The molecule has 2 aromatic rings. The number of aliphatic carboxylic acids is 1. The maximum absolute atomic E-state index is 10.7. The summed E-state index contributed by atoms with van der Waals surface area (Å²) in [5, 5.41) is 43.0. The maximum Gasteiger partial charge on any atom is 0.0882 e. The molecule has 6 heteroatoms. The number of aliphatic hydroxyl groups excluding tert-OH is 3. The molecule has 5 atom stereocenters. The molecule has 1 aliphatic carbocycles. The molecule has 0 radical (unpaired) electrons. The first-order valence-electron chi connectivity index (χ1n) is 10.7. The van der Waals surface area contributed by atoms with Crippen molar-refractivity contribution in [3.63, 3.8) is 0 Å². The fourth-order valence-electron chi connectivity index (χ4n) is 4.64. The summed E-state index contributed by atoms with van der Waals surface area (Å²) in [6.07, 6.45) is 4.31. The van der Waals surface area contributed by atoms with Gasteiger partial charge in [-0.3, -0.25) is 0 Å². The molecular formula is C23H31O5S-. The number of benzene rings is 1. The number of hydrogen-bond donors (Lipinski definition) is 3. The van der Waals surface area contributed by atoms with E-state index in [-0.39, 0.29) is 18.3 Å². The van der Waals surface area contributed by atoms with Crippen LogP contribution < -0.4 is 5.11 Å². The molecule has 1 heterocycles. The van der Waals surface area contributed by atoms with E-state index in [0.717, 1.165) is 40.6 Å².